The van der Waals surface area contributed by atoms with Gasteiger partial charge in [0, 0.05) is 28.6 Å². The molecule has 4 nitrogen and oxygen atoms in total. The van der Waals surface area contributed by atoms with E-state index in [0.717, 1.165) is 11.3 Å². The molecule has 1 heterocycles. The zero-order valence-electron chi connectivity index (χ0n) is 12.6. The summed E-state index contributed by atoms with van der Waals surface area (Å²) >= 11 is 12.2. The molecule has 0 aliphatic heterocycles. The number of carbonyl (C=O) groups is 1. The smallest absolute Gasteiger partial charge is 0.223 e. The molecule has 0 radical (unpaired) electrons. The number of nitrogens with zero attached hydrogens (tertiary/aromatic N) is 1. The SMILES string of the molecule is CC(=O)Nc1ncc(C2C(c3cc(Cl)cc(Cl)c3)C2(C)C)[nH]1. The highest BCUT2D eigenvalue weighted by atomic mass is 35.5. The fourth-order valence-electron chi connectivity index (χ4n) is 3.32. The fourth-order valence-corrected chi connectivity index (χ4v) is 3.86. The molecule has 0 bridgehead atoms. The number of carbonyl (C=O) groups excluding carboxylic acids is 1. The molecule has 116 valence electrons. The van der Waals surface area contributed by atoms with E-state index in [1.807, 2.05) is 12.1 Å². The molecular formula is C16H17Cl2N3O. The van der Waals surface area contributed by atoms with Crippen molar-refractivity contribution >= 4 is 35.1 Å². The lowest BCUT2D eigenvalue weighted by Gasteiger charge is -2.04. The van der Waals surface area contributed by atoms with Crippen molar-refractivity contribution in [3.05, 3.63) is 45.7 Å². The molecule has 22 heavy (non-hydrogen) atoms. The Kier molecular flexibility index (Phi) is 3.69. The molecule has 3 rings (SSSR count). The van der Waals surface area contributed by atoms with Crippen LogP contribution in [0.4, 0.5) is 5.95 Å². The van der Waals surface area contributed by atoms with Crippen LogP contribution in [0.1, 0.15) is 43.9 Å². The average Bonchev–Trinajstić information content (AvgIpc) is 2.73. The van der Waals surface area contributed by atoms with E-state index in [0.29, 0.717) is 21.9 Å². The van der Waals surface area contributed by atoms with Crippen molar-refractivity contribution in [1.82, 2.24) is 9.97 Å². The summed E-state index contributed by atoms with van der Waals surface area (Å²) in [6, 6.07) is 5.66. The molecule has 2 N–H and O–H groups in total. The third-order valence-electron chi connectivity index (χ3n) is 4.30. The maximum absolute atomic E-state index is 11.1. The number of H-pyrrole nitrogens is 1. The first kappa shape index (κ1) is 15.4. The van der Waals surface area contributed by atoms with Crippen LogP contribution in [-0.2, 0) is 4.79 Å². The van der Waals surface area contributed by atoms with Gasteiger partial charge in [0.15, 0.2) is 0 Å². The summed E-state index contributed by atoms with van der Waals surface area (Å²) in [4.78, 5) is 18.5. The normalized spacial score (nSPS) is 22.4. The number of nitrogens with one attached hydrogen (secondary N) is 2. The standard InChI is InChI=1S/C16H17Cl2N3O/c1-8(22)20-15-19-7-12(21-15)14-13(16(14,2)3)9-4-10(17)6-11(18)5-9/h4-7,13-14H,1-3H3,(H2,19,20,21,22). The molecule has 0 saturated heterocycles. The second-order valence-corrected chi connectivity index (χ2v) is 7.22. The maximum Gasteiger partial charge on any atom is 0.223 e. The lowest BCUT2D eigenvalue weighted by Crippen LogP contribution is -2.07. The molecule has 2 unspecified atom stereocenters. The van der Waals surface area contributed by atoms with Gasteiger partial charge in [0.25, 0.3) is 0 Å². The zero-order chi connectivity index (χ0) is 16.1. The van der Waals surface area contributed by atoms with Crippen LogP contribution >= 0.6 is 23.2 Å². The van der Waals surface area contributed by atoms with Crippen LogP contribution in [0.5, 0.6) is 0 Å². The van der Waals surface area contributed by atoms with E-state index in [4.69, 9.17) is 23.2 Å². The van der Waals surface area contributed by atoms with Gasteiger partial charge in [0.05, 0.1) is 6.20 Å². The molecule has 1 aliphatic carbocycles. The predicted octanol–water partition coefficient (Wildman–Crippen LogP) is 4.58. The number of halogens is 2. The fraction of sp³-hybridized carbons (Fsp3) is 0.375. The monoisotopic (exact) mass is 337 g/mol. The molecule has 1 aliphatic rings. The molecule has 6 heteroatoms. The molecule has 1 aromatic carbocycles. The number of hydrogen-bond donors (Lipinski definition) is 2. The van der Waals surface area contributed by atoms with Gasteiger partial charge in [-0.2, -0.15) is 0 Å². The van der Waals surface area contributed by atoms with Crippen molar-refractivity contribution in [3.63, 3.8) is 0 Å². The van der Waals surface area contributed by atoms with Crippen LogP contribution in [0.3, 0.4) is 0 Å². The first-order valence-corrected chi connectivity index (χ1v) is 7.83. The topological polar surface area (TPSA) is 57.8 Å². The summed E-state index contributed by atoms with van der Waals surface area (Å²) in [5, 5.41) is 3.95. The quantitative estimate of drug-likeness (QED) is 0.860. The zero-order valence-corrected chi connectivity index (χ0v) is 14.1. The van der Waals surface area contributed by atoms with Crippen molar-refractivity contribution in [2.45, 2.75) is 32.6 Å². The van der Waals surface area contributed by atoms with E-state index >= 15 is 0 Å². The highest BCUT2D eigenvalue weighted by Gasteiger charge is 2.59. The van der Waals surface area contributed by atoms with Crippen molar-refractivity contribution in [2.24, 2.45) is 5.41 Å². The Bertz CT molecular complexity index is 718. The Morgan fingerprint density at radius 3 is 2.45 bits per heavy atom. The van der Waals surface area contributed by atoms with Crippen LogP contribution < -0.4 is 5.32 Å². The number of amides is 1. The Labute approximate surface area is 139 Å². The third-order valence-corrected chi connectivity index (χ3v) is 4.73. The van der Waals surface area contributed by atoms with E-state index < -0.39 is 0 Å². The van der Waals surface area contributed by atoms with Crippen molar-refractivity contribution < 1.29 is 4.79 Å². The molecule has 0 spiro atoms. The Morgan fingerprint density at radius 2 is 1.86 bits per heavy atom. The summed E-state index contributed by atoms with van der Waals surface area (Å²) in [5.41, 5.74) is 2.21. The summed E-state index contributed by atoms with van der Waals surface area (Å²) in [6.45, 7) is 5.87. The van der Waals surface area contributed by atoms with Crippen molar-refractivity contribution in [2.75, 3.05) is 5.32 Å². The van der Waals surface area contributed by atoms with Gasteiger partial charge in [0.1, 0.15) is 0 Å². The van der Waals surface area contributed by atoms with E-state index in [1.54, 1.807) is 12.3 Å². The van der Waals surface area contributed by atoms with E-state index in [2.05, 4.69) is 29.1 Å². The van der Waals surface area contributed by atoms with Gasteiger partial charge < -0.3 is 4.98 Å². The summed E-state index contributed by atoms with van der Waals surface area (Å²) in [7, 11) is 0. The molecule has 2 atom stereocenters. The minimum Gasteiger partial charge on any atom is -0.328 e. The summed E-state index contributed by atoms with van der Waals surface area (Å²) < 4.78 is 0. The van der Waals surface area contributed by atoms with Crippen molar-refractivity contribution in [3.8, 4) is 0 Å². The molecule has 1 fully saturated rings. The molecule has 1 aromatic heterocycles. The van der Waals surface area contributed by atoms with E-state index in [9.17, 15) is 4.79 Å². The number of benzene rings is 1. The van der Waals surface area contributed by atoms with Gasteiger partial charge in [-0.15, -0.1) is 0 Å². The molecule has 1 saturated carbocycles. The first-order valence-electron chi connectivity index (χ1n) is 7.07. The Hall–Kier alpha value is -1.52. The molecule has 2 aromatic rings. The number of aromatic nitrogens is 2. The predicted molar refractivity (Wildman–Crippen MR) is 88.6 cm³/mol. The maximum atomic E-state index is 11.1. The lowest BCUT2D eigenvalue weighted by atomic mass is 10.0. The van der Waals surface area contributed by atoms with Crippen LogP contribution in [0.25, 0.3) is 0 Å². The minimum absolute atomic E-state index is 0.0774. The van der Waals surface area contributed by atoms with Gasteiger partial charge in [-0.1, -0.05) is 37.0 Å². The summed E-state index contributed by atoms with van der Waals surface area (Å²) in [5.74, 6) is 0.938. The van der Waals surface area contributed by atoms with Gasteiger partial charge in [-0.25, -0.2) is 4.98 Å². The number of rotatable bonds is 3. The van der Waals surface area contributed by atoms with Crippen molar-refractivity contribution in [1.29, 1.82) is 0 Å². The number of hydrogen-bond acceptors (Lipinski definition) is 2. The van der Waals surface area contributed by atoms with Gasteiger partial charge in [-0.3, -0.25) is 10.1 Å². The number of imidazole rings is 1. The van der Waals surface area contributed by atoms with Crippen LogP contribution in [0.15, 0.2) is 24.4 Å². The molecular weight excluding hydrogens is 321 g/mol. The van der Waals surface area contributed by atoms with Crippen LogP contribution in [0.2, 0.25) is 10.0 Å². The highest BCUT2D eigenvalue weighted by Crippen LogP contribution is 2.69. The largest absolute Gasteiger partial charge is 0.328 e. The van der Waals surface area contributed by atoms with Gasteiger partial charge in [-0.05, 0) is 35.1 Å². The average molecular weight is 338 g/mol. The van der Waals surface area contributed by atoms with Gasteiger partial charge >= 0.3 is 0 Å². The summed E-state index contributed by atoms with van der Waals surface area (Å²) in [6.07, 6.45) is 1.78. The van der Waals surface area contributed by atoms with Crippen LogP contribution in [0, 0.1) is 5.41 Å². The second kappa shape index (κ2) is 5.28. The lowest BCUT2D eigenvalue weighted by molar-refractivity contribution is -0.114. The highest BCUT2D eigenvalue weighted by molar-refractivity contribution is 6.34. The minimum atomic E-state index is -0.144. The first-order chi connectivity index (χ1) is 10.3. The Balaban J connectivity index is 1.89. The Morgan fingerprint density at radius 1 is 1.23 bits per heavy atom. The number of anilines is 1. The van der Waals surface area contributed by atoms with Crippen LogP contribution in [-0.4, -0.2) is 15.9 Å². The van der Waals surface area contributed by atoms with E-state index in [1.165, 1.54) is 6.92 Å². The second-order valence-electron chi connectivity index (χ2n) is 6.35. The molecule has 1 amide bonds. The van der Waals surface area contributed by atoms with Gasteiger partial charge in [0.2, 0.25) is 11.9 Å². The number of aromatic amines is 1. The third kappa shape index (κ3) is 2.73. The van der Waals surface area contributed by atoms with E-state index in [-0.39, 0.29) is 17.2 Å².